The molecule has 122 valence electrons. The van der Waals surface area contributed by atoms with Crippen molar-refractivity contribution in [2.45, 2.75) is 11.3 Å². The standard InChI is InChI=1S/C15H15FN2O4S/c1-22-14-7-2-10(8-13(14)16)9-15(19)18-11-3-5-12(6-4-11)23(17,20)21/h2-8H,9H2,1H3,(H,18,19)(H2,17,20,21). The fourth-order valence-corrected chi connectivity index (χ4v) is 2.45. The van der Waals surface area contributed by atoms with Crippen LogP contribution in [-0.2, 0) is 21.2 Å². The number of nitrogens with one attached hydrogen (secondary N) is 1. The Morgan fingerprint density at radius 1 is 1.22 bits per heavy atom. The molecule has 0 aromatic heterocycles. The SMILES string of the molecule is COc1ccc(CC(=O)Nc2ccc(S(N)(=O)=O)cc2)cc1F. The van der Waals surface area contributed by atoms with Gasteiger partial charge >= 0.3 is 0 Å². The van der Waals surface area contributed by atoms with E-state index in [2.05, 4.69) is 5.32 Å². The minimum Gasteiger partial charge on any atom is -0.494 e. The van der Waals surface area contributed by atoms with Crippen LogP contribution in [0.4, 0.5) is 10.1 Å². The minimum absolute atomic E-state index is 0.0299. The first kappa shape index (κ1) is 16.9. The molecule has 0 saturated heterocycles. The smallest absolute Gasteiger partial charge is 0.238 e. The summed E-state index contributed by atoms with van der Waals surface area (Å²) in [4.78, 5) is 11.9. The lowest BCUT2D eigenvalue weighted by molar-refractivity contribution is -0.115. The van der Waals surface area contributed by atoms with Gasteiger partial charge in [-0.1, -0.05) is 6.07 Å². The lowest BCUT2D eigenvalue weighted by Gasteiger charge is -2.07. The number of anilines is 1. The minimum atomic E-state index is -3.77. The van der Waals surface area contributed by atoms with E-state index in [1.807, 2.05) is 0 Å². The lowest BCUT2D eigenvalue weighted by atomic mass is 10.1. The average molecular weight is 338 g/mol. The Bertz CT molecular complexity index is 820. The summed E-state index contributed by atoms with van der Waals surface area (Å²) in [7, 11) is -2.42. The van der Waals surface area contributed by atoms with Gasteiger partial charge in [0.15, 0.2) is 11.6 Å². The molecule has 2 aromatic carbocycles. The van der Waals surface area contributed by atoms with Gasteiger partial charge in [-0.25, -0.2) is 17.9 Å². The molecule has 0 unspecified atom stereocenters. The van der Waals surface area contributed by atoms with E-state index < -0.39 is 15.8 Å². The van der Waals surface area contributed by atoms with Crippen molar-refractivity contribution >= 4 is 21.6 Å². The molecule has 3 N–H and O–H groups in total. The van der Waals surface area contributed by atoms with Crippen molar-refractivity contribution in [1.82, 2.24) is 0 Å². The number of methoxy groups -OCH3 is 1. The van der Waals surface area contributed by atoms with E-state index in [4.69, 9.17) is 9.88 Å². The van der Waals surface area contributed by atoms with Crippen molar-refractivity contribution in [3.8, 4) is 5.75 Å². The zero-order valence-corrected chi connectivity index (χ0v) is 13.1. The summed E-state index contributed by atoms with van der Waals surface area (Å²) in [6, 6.07) is 9.68. The molecule has 0 aliphatic heterocycles. The molecule has 0 atom stereocenters. The summed E-state index contributed by atoms with van der Waals surface area (Å²) in [5.74, 6) is -0.805. The number of carbonyl (C=O) groups excluding carboxylic acids is 1. The highest BCUT2D eigenvalue weighted by molar-refractivity contribution is 7.89. The maximum absolute atomic E-state index is 13.6. The number of hydrogen-bond donors (Lipinski definition) is 2. The number of amides is 1. The van der Waals surface area contributed by atoms with E-state index in [1.165, 1.54) is 43.5 Å². The van der Waals surface area contributed by atoms with E-state index in [0.717, 1.165) is 0 Å². The highest BCUT2D eigenvalue weighted by Gasteiger charge is 2.10. The monoisotopic (exact) mass is 338 g/mol. The molecule has 23 heavy (non-hydrogen) atoms. The third-order valence-electron chi connectivity index (χ3n) is 3.05. The molecule has 8 heteroatoms. The van der Waals surface area contributed by atoms with Gasteiger partial charge in [0.05, 0.1) is 18.4 Å². The van der Waals surface area contributed by atoms with Crippen molar-refractivity contribution in [1.29, 1.82) is 0 Å². The van der Waals surface area contributed by atoms with Crippen molar-refractivity contribution in [3.05, 3.63) is 53.8 Å². The number of ether oxygens (including phenoxy) is 1. The van der Waals surface area contributed by atoms with Crippen LogP contribution in [-0.4, -0.2) is 21.4 Å². The summed E-state index contributed by atoms with van der Waals surface area (Å²) in [6.45, 7) is 0. The van der Waals surface area contributed by atoms with Crippen LogP contribution < -0.4 is 15.2 Å². The van der Waals surface area contributed by atoms with Crippen LogP contribution in [0.15, 0.2) is 47.4 Å². The van der Waals surface area contributed by atoms with Gasteiger partial charge in [-0.3, -0.25) is 4.79 Å². The fourth-order valence-electron chi connectivity index (χ4n) is 1.94. The van der Waals surface area contributed by atoms with Gasteiger partial charge < -0.3 is 10.1 Å². The maximum atomic E-state index is 13.6. The van der Waals surface area contributed by atoms with Crippen LogP contribution in [0.5, 0.6) is 5.75 Å². The fraction of sp³-hybridized carbons (Fsp3) is 0.133. The summed E-state index contributed by atoms with van der Waals surface area (Å²) in [6.07, 6.45) is -0.0299. The largest absolute Gasteiger partial charge is 0.494 e. The molecular formula is C15H15FN2O4S. The molecule has 0 saturated carbocycles. The van der Waals surface area contributed by atoms with E-state index in [0.29, 0.717) is 11.3 Å². The molecule has 0 heterocycles. The van der Waals surface area contributed by atoms with Crippen LogP contribution >= 0.6 is 0 Å². The van der Waals surface area contributed by atoms with Crippen LogP contribution in [0.25, 0.3) is 0 Å². The Morgan fingerprint density at radius 3 is 2.39 bits per heavy atom. The predicted octanol–water partition coefficient (Wildman–Crippen LogP) is 1.66. The quantitative estimate of drug-likeness (QED) is 0.866. The van der Waals surface area contributed by atoms with E-state index in [1.54, 1.807) is 6.07 Å². The van der Waals surface area contributed by atoms with Crippen LogP contribution in [0.1, 0.15) is 5.56 Å². The van der Waals surface area contributed by atoms with Crippen molar-refractivity contribution in [2.24, 2.45) is 5.14 Å². The zero-order valence-electron chi connectivity index (χ0n) is 12.2. The number of carbonyl (C=O) groups is 1. The van der Waals surface area contributed by atoms with Crippen LogP contribution in [0.3, 0.4) is 0 Å². The Hall–Kier alpha value is -2.45. The first-order valence-corrected chi connectivity index (χ1v) is 8.09. The molecule has 0 bridgehead atoms. The van der Waals surface area contributed by atoms with Crippen molar-refractivity contribution in [3.63, 3.8) is 0 Å². The van der Waals surface area contributed by atoms with Gasteiger partial charge in [0.25, 0.3) is 0 Å². The third kappa shape index (κ3) is 4.51. The number of primary sulfonamides is 1. The highest BCUT2D eigenvalue weighted by Crippen LogP contribution is 2.18. The van der Waals surface area contributed by atoms with E-state index in [9.17, 15) is 17.6 Å². The van der Waals surface area contributed by atoms with Gasteiger partial charge in [-0.15, -0.1) is 0 Å². The van der Waals surface area contributed by atoms with Gasteiger partial charge in [-0.2, -0.15) is 0 Å². The second-order valence-electron chi connectivity index (χ2n) is 4.76. The third-order valence-corrected chi connectivity index (χ3v) is 3.98. The normalized spacial score (nSPS) is 11.1. The Labute approximate surface area is 133 Å². The zero-order chi connectivity index (χ0) is 17.0. The first-order valence-electron chi connectivity index (χ1n) is 6.55. The number of nitrogens with two attached hydrogens (primary N) is 1. The molecule has 0 spiro atoms. The number of sulfonamides is 1. The van der Waals surface area contributed by atoms with Gasteiger partial charge in [0, 0.05) is 5.69 Å². The first-order chi connectivity index (χ1) is 10.8. The predicted molar refractivity (Wildman–Crippen MR) is 83.1 cm³/mol. The van der Waals surface area contributed by atoms with E-state index >= 15 is 0 Å². The molecule has 6 nitrogen and oxygen atoms in total. The summed E-state index contributed by atoms with van der Waals surface area (Å²) in [5, 5.41) is 7.58. The van der Waals surface area contributed by atoms with Crippen LogP contribution in [0, 0.1) is 5.82 Å². The molecule has 0 fully saturated rings. The highest BCUT2D eigenvalue weighted by atomic mass is 32.2. The summed E-state index contributed by atoms with van der Waals surface area (Å²) in [5.41, 5.74) is 0.901. The number of benzene rings is 2. The Kier molecular flexibility index (Phi) is 4.97. The Morgan fingerprint density at radius 2 is 1.87 bits per heavy atom. The molecule has 1 amide bonds. The maximum Gasteiger partial charge on any atom is 0.238 e. The summed E-state index contributed by atoms with van der Waals surface area (Å²) >= 11 is 0. The lowest BCUT2D eigenvalue weighted by Crippen LogP contribution is -2.15. The van der Waals surface area contributed by atoms with Gasteiger partial charge in [-0.05, 0) is 42.0 Å². The molecule has 0 radical (unpaired) electrons. The Balaban J connectivity index is 2.03. The number of halogens is 1. The summed E-state index contributed by atoms with van der Waals surface area (Å²) < 4.78 is 40.6. The molecule has 2 aromatic rings. The van der Waals surface area contributed by atoms with Crippen LogP contribution in [0.2, 0.25) is 0 Å². The molecular weight excluding hydrogens is 323 g/mol. The van der Waals surface area contributed by atoms with E-state index in [-0.39, 0.29) is 23.0 Å². The van der Waals surface area contributed by atoms with Gasteiger partial charge in [0.2, 0.25) is 15.9 Å². The number of rotatable bonds is 5. The van der Waals surface area contributed by atoms with Crippen molar-refractivity contribution < 1.29 is 22.3 Å². The second-order valence-corrected chi connectivity index (χ2v) is 6.32. The number of hydrogen-bond acceptors (Lipinski definition) is 4. The van der Waals surface area contributed by atoms with Crippen molar-refractivity contribution in [2.75, 3.05) is 12.4 Å². The van der Waals surface area contributed by atoms with Gasteiger partial charge in [0.1, 0.15) is 0 Å². The second kappa shape index (κ2) is 6.76. The molecule has 0 aliphatic carbocycles. The molecule has 2 rings (SSSR count). The molecule has 0 aliphatic rings. The topological polar surface area (TPSA) is 98.5 Å². The average Bonchev–Trinajstić information content (AvgIpc) is 2.47.